The fraction of sp³-hybridized carbons (Fsp3) is 0.483. The summed E-state index contributed by atoms with van der Waals surface area (Å²) in [5.41, 5.74) is 2.73. The summed E-state index contributed by atoms with van der Waals surface area (Å²) in [6.07, 6.45) is 4.03. The largest absolute Gasteiger partial charge is 0.465 e. The van der Waals surface area contributed by atoms with Gasteiger partial charge in [0, 0.05) is 6.04 Å². The maximum atomic E-state index is 12.7. The van der Waals surface area contributed by atoms with Crippen LogP contribution < -0.4 is 5.32 Å². The van der Waals surface area contributed by atoms with Gasteiger partial charge in [0.25, 0.3) is 0 Å². The lowest BCUT2D eigenvalue weighted by atomic mass is 9.78. The molecule has 1 saturated carbocycles. The van der Waals surface area contributed by atoms with Crippen LogP contribution in [0.3, 0.4) is 0 Å². The number of hydrogen-bond acceptors (Lipinski definition) is 6. The standard InChI is InChI=1S/C29H37NO6/c1-29(2,3)36-28(33)30-25-17-23(19-9-13-21(14-10-19)26(31)34-4)7-6-8-24(18-25)20-11-15-22(16-12-20)27(32)35-5/h9-16,23-25H,6-8,17-18H2,1-5H3,(H,30,33). The predicted molar refractivity (Wildman–Crippen MR) is 137 cm³/mol. The van der Waals surface area contributed by atoms with Crippen LogP contribution in [0.2, 0.25) is 0 Å². The van der Waals surface area contributed by atoms with Crippen molar-refractivity contribution in [2.45, 2.75) is 76.4 Å². The van der Waals surface area contributed by atoms with Crippen molar-refractivity contribution in [2.75, 3.05) is 14.2 Å². The van der Waals surface area contributed by atoms with Crippen molar-refractivity contribution in [3.05, 3.63) is 70.8 Å². The van der Waals surface area contributed by atoms with Gasteiger partial charge in [-0.3, -0.25) is 0 Å². The maximum absolute atomic E-state index is 12.7. The van der Waals surface area contributed by atoms with Gasteiger partial charge < -0.3 is 19.5 Å². The van der Waals surface area contributed by atoms with E-state index in [1.54, 1.807) is 24.3 Å². The molecule has 0 saturated heterocycles. The Morgan fingerprint density at radius 3 is 1.53 bits per heavy atom. The van der Waals surface area contributed by atoms with Gasteiger partial charge in [-0.2, -0.15) is 0 Å². The van der Waals surface area contributed by atoms with E-state index in [0.29, 0.717) is 11.1 Å². The van der Waals surface area contributed by atoms with Crippen LogP contribution >= 0.6 is 0 Å². The van der Waals surface area contributed by atoms with Gasteiger partial charge in [0.15, 0.2) is 0 Å². The minimum atomic E-state index is -0.585. The molecule has 36 heavy (non-hydrogen) atoms. The van der Waals surface area contributed by atoms with E-state index in [-0.39, 0.29) is 29.8 Å². The summed E-state index contributed by atoms with van der Waals surface area (Å²) in [4.78, 5) is 36.3. The second kappa shape index (κ2) is 12.1. The van der Waals surface area contributed by atoms with E-state index >= 15 is 0 Å². The average Bonchev–Trinajstić information content (AvgIpc) is 2.83. The average molecular weight is 496 g/mol. The monoisotopic (exact) mass is 495 g/mol. The number of carbonyl (C=O) groups excluding carboxylic acids is 3. The second-order valence-electron chi connectivity index (χ2n) is 10.4. The van der Waals surface area contributed by atoms with Crippen LogP contribution in [0, 0.1) is 0 Å². The minimum Gasteiger partial charge on any atom is -0.465 e. The van der Waals surface area contributed by atoms with Crippen molar-refractivity contribution in [3.8, 4) is 0 Å². The molecule has 0 heterocycles. The molecule has 0 spiro atoms. The number of amides is 1. The van der Waals surface area contributed by atoms with E-state index in [2.05, 4.69) is 5.32 Å². The first-order chi connectivity index (χ1) is 17.1. The summed E-state index contributed by atoms with van der Waals surface area (Å²) in [6, 6.07) is 15.0. The van der Waals surface area contributed by atoms with Crippen molar-refractivity contribution in [1.29, 1.82) is 0 Å². The predicted octanol–water partition coefficient (Wildman–Crippen LogP) is 5.98. The number of ether oxygens (including phenoxy) is 3. The normalized spacial score (nSPS) is 20.4. The molecule has 2 aromatic carbocycles. The zero-order valence-electron chi connectivity index (χ0n) is 21.8. The van der Waals surface area contributed by atoms with E-state index in [4.69, 9.17) is 14.2 Å². The van der Waals surface area contributed by atoms with Gasteiger partial charge in [0.2, 0.25) is 0 Å². The van der Waals surface area contributed by atoms with Gasteiger partial charge in [-0.15, -0.1) is 0 Å². The first-order valence-electron chi connectivity index (χ1n) is 12.5. The molecule has 1 N–H and O–H groups in total. The molecule has 1 amide bonds. The first-order valence-corrected chi connectivity index (χ1v) is 12.5. The Bertz CT molecular complexity index is 969. The number of methoxy groups -OCH3 is 2. The van der Waals surface area contributed by atoms with Gasteiger partial charge in [0.1, 0.15) is 5.60 Å². The topological polar surface area (TPSA) is 90.9 Å². The second-order valence-corrected chi connectivity index (χ2v) is 10.4. The van der Waals surface area contributed by atoms with Crippen LogP contribution in [0.5, 0.6) is 0 Å². The van der Waals surface area contributed by atoms with Crippen LogP contribution in [0.1, 0.15) is 96.6 Å². The minimum absolute atomic E-state index is 0.101. The van der Waals surface area contributed by atoms with Crippen LogP contribution in [-0.4, -0.2) is 43.9 Å². The molecule has 1 fully saturated rings. The van der Waals surface area contributed by atoms with E-state index < -0.39 is 11.7 Å². The fourth-order valence-electron chi connectivity index (χ4n) is 4.85. The van der Waals surface area contributed by atoms with E-state index in [1.807, 2.05) is 45.0 Å². The Labute approximate surface area is 213 Å². The molecule has 0 aromatic heterocycles. The third-order valence-corrected chi connectivity index (χ3v) is 6.57. The van der Waals surface area contributed by atoms with E-state index in [9.17, 15) is 14.4 Å². The summed E-state index contributed by atoms with van der Waals surface area (Å²) in [7, 11) is 2.74. The zero-order valence-corrected chi connectivity index (χ0v) is 21.8. The Hall–Kier alpha value is -3.35. The van der Waals surface area contributed by atoms with Crippen LogP contribution in [0.4, 0.5) is 4.79 Å². The number of esters is 2. The molecule has 0 aliphatic heterocycles. The maximum Gasteiger partial charge on any atom is 0.407 e. The lowest BCUT2D eigenvalue weighted by Crippen LogP contribution is -2.41. The number of hydrogen-bond donors (Lipinski definition) is 1. The fourth-order valence-corrected chi connectivity index (χ4v) is 4.85. The zero-order chi connectivity index (χ0) is 26.3. The van der Waals surface area contributed by atoms with Crippen LogP contribution in [0.25, 0.3) is 0 Å². The molecule has 2 unspecified atom stereocenters. The molecular formula is C29H37NO6. The smallest absolute Gasteiger partial charge is 0.407 e. The van der Waals surface area contributed by atoms with E-state index in [1.165, 1.54) is 14.2 Å². The highest BCUT2D eigenvalue weighted by Crippen LogP contribution is 2.37. The number of nitrogens with one attached hydrogen (secondary N) is 1. The number of rotatable bonds is 5. The van der Waals surface area contributed by atoms with Crippen molar-refractivity contribution in [1.82, 2.24) is 5.32 Å². The number of benzene rings is 2. The van der Waals surface area contributed by atoms with Crippen molar-refractivity contribution in [2.24, 2.45) is 0 Å². The van der Waals surface area contributed by atoms with Gasteiger partial charge in [0.05, 0.1) is 25.3 Å². The van der Waals surface area contributed by atoms with Gasteiger partial charge in [-0.25, -0.2) is 14.4 Å². The number of alkyl carbamates (subject to hydrolysis) is 1. The molecule has 194 valence electrons. The molecule has 7 heteroatoms. The van der Waals surface area contributed by atoms with Crippen molar-refractivity contribution < 1.29 is 28.6 Å². The lowest BCUT2D eigenvalue weighted by molar-refractivity contribution is 0.0490. The quantitative estimate of drug-likeness (QED) is 0.405. The highest BCUT2D eigenvalue weighted by molar-refractivity contribution is 5.89. The summed E-state index contributed by atoms with van der Waals surface area (Å²) >= 11 is 0. The van der Waals surface area contributed by atoms with E-state index in [0.717, 1.165) is 43.2 Å². The van der Waals surface area contributed by atoms with Crippen molar-refractivity contribution in [3.63, 3.8) is 0 Å². The molecule has 2 atom stereocenters. The highest BCUT2D eigenvalue weighted by atomic mass is 16.6. The highest BCUT2D eigenvalue weighted by Gasteiger charge is 2.28. The summed E-state index contributed by atoms with van der Waals surface area (Å²) in [5, 5.41) is 3.11. The summed E-state index contributed by atoms with van der Waals surface area (Å²) < 4.78 is 15.2. The molecular weight excluding hydrogens is 458 g/mol. The molecule has 7 nitrogen and oxygen atoms in total. The third-order valence-electron chi connectivity index (χ3n) is 6.57. The SMILES string of the molecule is COC(=O)c1ccc(C2CCCC(c3ccc(C(=O)OC)cc3)CC(NC(=O)OC(C)(C)C)C2)cc1. The van der Waals surface area contributed by atoms with Crippen LogP contribution in [-0.2, 0) is 14.2 Å². The first kappa shape index (κ1) is 27.2. The molecule has 0 radical (unpaired) electrons. The Balaban J connectivity index is 1.80. The van der Waals surface area contributed by atoms with Crippen LogP contribution in [0.15, 0.2) is 48.5 Å². The molecule has 1 aliphatic rings. The van der Waals surface area contributed by atoms with Gasteiger partial charge in [-0.05, 0) is 93.7 Å². The molecule has 3 rings (SSSR count). The van der Waals surface area contributed by atoms with Gasteiger partial charge in [-0.1, -0.05) is 30.7 Å². The Morgan fingerprint density at radius 2 is 1.17 bits per heavy atom. The van der Waals surface area contributed by atoms with Crippen molar-refractivity contribution >= 4 is 18.0 Å². The van der Waals surface area contributed by atoms with Gasteiger partial charge >= 0.3 is 18.0 Å². The summed E-state index contributed by atoms with van der Waals surface area (Å²) in [5.74, 6) is -0.243. The Morgan fingerprint density at radius 1 is 0.750 bits per heavy atom. The molecule has 0 bridgehead atoms. The Kier molecular flexibility index (Phi) is 9.13. The third kappa shape index (κ3) is 7.57. The summed E-state index contributed by atoms with van der Waals surface area (Å²) in [6.45, 7) is 5.55. The number of carbonyl (C=O) groups is 3. The molecule has 2 aromatic rings. The molecule has 1 aliphatic carbocycles. The lowest BCUT2D eigenvalue weighted by Gasteiger charge is -2.32.